The molecule has 1 N–H and O–H groups in total. The van der Waals surface area contributed by atoms with Gasteiger partial charge in [-0.3, -0.25) is 4.99 Å². The lowest BCUT2D eigenvalue weighted by Gasteiger charge is -2.26. The summed E-state index contributed by atoms with van der Waals surface area (Å²) >= 11 is 0. The Kier molecular flexibility index (Phi) is 7.34. The van der Waals surface area contributed by atoms with Crippen LogP contribution in [0.1, 0.15) is 19.3 Å². The first kappa shape index (κ1) is 19.5. The number of fused-ring (bicyclic) bond motifs is 1. The van der Waals surface area contributed by atoms with Gasteiger partial charge in [0.25, 0.3) is 0 Å². The third-order valence-electron chi connectivity index (χ3n) is 5.18. The van der Waals surface area contributed by atoms with Crippen molar-refractivity contribution in [3.05, 3.63) is 42.5 Å². The van der Waals surface area contributed by atoms with E-state index in [0.29, 0.717) is 6.61 Å². The molecule has 2 aromatic rings. The highest BCUT2D eigenvalue weighted by atomic mass is 16.5. The summed E-state index contributed by atoms with van der Waals surface area (Å²) in [7, 11) is 3.93. The van der Waals surface area contributed by atoms with Gasteiger partial charge >= 0.3 is 0 Å². The average molecular weight is 370 g/mol. The van der Waals surface area contributed by atoms with E-state index in [9.17, 15) is 0 Å². The predicted molar refractivity (Wildman–Crippen MR) is 112 cm³/mol. The average Bonchev–Trinajstić information content (AvgIpc) is 2.73. The SMILES string of the molecule is CN=C(NCCOc1cccc2ccccc12)N(C)CCC1CCOCC1. The van der Waals surface area contributed by atoms with Crippen molar-refractivity contribution >= 4 is 16.7 Å². The number of aliphatic imine (C=N–C) groups is 1. The predicted octanol–water partition coefficient (Wildman–Crippen LogP) is 3.54. The van der Waals surface area contributed by atoms with E-state index in [1.54, 1.807) is 0 Å². The van der Waals surface area contributed by atoms with E-state index in [-0.39, 0.29) is 0 Å². The lowest BCUT2D eigenvalue weighted by atomic mass is 9.96. The highest BCUT2D eigenvalue weighted by Gasteiger charge is 2.15. The Morgan fingerprint density at radius 2 is 1.96 bits per heavy atom. The van der Waals surface area contributed by atoms with E-state index in [2.05, 4.69) is 40.5 Å². The summed E-state index contributed by atoms with van der Waals surface area (Å²) in [6, 6.07) is 14.5. The molecule has 2 aromatic carbocycles. The topological polar surface area (TPSA) is 46.1 Å². The van der Waals surface area contributed by atoms with Crippen LogP contribution in [-0.4, -0.2) is 57.9 Å². The maximum Gasteiger partial charge on any atom is 0.193 e. The van der Waals surface area contributed by atoms with Crippen LogP contribution in [-0.2, 0) is 4.74 Å². The summed E-state index contributed by atoms with van der Waals surface area (Å²) in [6.07, 6.45) is 3.55. The van der Waals surface area contributed by atoms with Gasteiger partial charge in [0.1, 0.15) is 12.4 Å². The van der Waals surface area contributed by atoms with Crippen LogP contribution in [0.25, 0.3) is 10.8 Å². The third kappa shape index (κ3) is 5.60. The molecule has 0 spiro atoms. The molecule has 0 atom stereocenters. The highest BCUT2D eigenvalue weighted by molar-refractivity contribution is 5.88. The molecule has 0 radical (unpaired) electrons. The number of nitrogens with one attached hydrogen (secondary N) is 1. The number of nitrogens with zero attached hydrogens (tertiary/aromatic N) is 2. The first-order valence-electron chi connectivity index (χ1n) is 9.88. The maximum atomic E-state index is 6.00. The molecule has 146 valence electrons. The Labute approximate surface area is 162 Å². The summed E-state index contributed by atoms with van der Waals surface area (Å²) in [6.45, 7) is 4.15. The van der Waals surface area contributed by atoms with Gasteiger partial charge in [-0.25, -0.2) is 0 Å². The second-order valence-corrected chi connectivity index (χ2v) is 7.07. The van der Waals surface area contributed by atoms with Crippen molar-refractivity contribution in [1.29, 1.82) is 0 Å². The molecule has 0 aliphatic carbocycles. The normalized spacial score (nSPS) is 15.7. The number of guanidine groups is 1. The molecule has 1 heterocycles. The van der Waals surface area contributed by atoms with Crippen LogP contribution in [0, 0.1) is 5.92 Å². The van der Waals surface area contributed by atoms with Crippen LogP contribution >= 0.6 is 0 Å². The van der Waals surface area contributed by atoms with E-state index in [0.717, 1.165) is 49.3 Å². The first-order chi connectivity index (χ1) is 13.3. The molecular weight excluding hydrogens is 338 g/mol. The van der Waals surface area contributed by atoms with Crippen molar-refractivity contribution in [2.24, 2.45) is 10.9 Å². The molecule has 5 heteroatoms. The van der Waals surface area contributed by atoms with Crippen LogP contribution < -0.4 is 10.1 Å². The fourth-order valence-corrected chi connectivity index (χ4v) is 3.55. The van der Waals surface area contributed by atoms with Gasteiger partial charge in [0.2, 0.25) is 0 Å². The Balaban J connectivity index is 1.42. The minimum atomic E-state index is 0.598. The lowest BCUT2D eigenvalue weighted by Crippen LogP contribution is -2.41. The standard InChI is InChI=1S/C22H31N3O2/c1-23-22(25(2)14-10-18-11-15-26-16-12-18)24-13-17-27-21-9-5-7-19-6-3-4-8-20(19)21/h3-9,18H,10-17H2,1-2H3,(H,23,24). The minimum absolute atomic E-state index is 0.598. The number of hydrogen-bond donors (Lipinski definition) is 1. The summed E-state index contributed by atoms with van der Waals surface area (Å²) < 4.78 is 11.4. The maximum absolute atomic E-state index is 6.00. The number of ether oxygens (including phenoxy) is 2. The Hall–Kier alpha value is -2.27. The number of hydrogen-bond acceptors (Lipinski definition) is 3. The molecule has 0 unspecified atom stereocenters. The summed E-state index contributed by atoms with van der Waals surface area (Å²) in [5.41, 5.74) is 0. The molecule has 0 saturated carbocycles. The Bertz CT molecular complexity index is 736. The summed E-state index contributed by atoms with van der Waals surface area (Å²) in [5, 5.41) is 5.75. The molecule has 1 aliphatic rings. The molecule has 0 bridgehead atoms. The second kappa shape index (κ2) is 10.2. The van der Waals surface area contributed by atoms with Gasteiger partial charge < -0.3 is 19.7 Å². The van der Waals surface area contributed by atoms with E-state index in [4.69, 9.17) is 9.47 Å². The van der Waals surface area contributed by atoms with Crippen molar-refractivity contribution < 1.29 is 9.47 Å². The largest absolute Gasteiger partial charge is 0.491 e. The van der Waals surface area contributed by atoms with Gasteiger partial charge in [-0.1, -0.05) is 36.4 Å². The van der Waals surface area contributed by atoms with Gasteiger partial charge in [-0.15, -0.1) is 0 Å². The van der Waals surface area contributed by atoms with Crippen LogP contribution in [0.5, 0.6) is 5.75 Å². The molecule has 27 heavy (non-hydrogen) atoms. The molecule has 0 aromatic heterocycles. The minimum Gasteiger partial charge on any atom is -0.491 e. The van der Waals surface area contributed by atoms with E-state index < -0.39 is 0 Å². The van der Waals surface area contributed by atoms with E-state index in [1.165, 1.54) is 24.6 Å². The van der Waals surface area contributed by atoms with Crippen molar-refractivity contribution in [1.82, 2.24) is 10.2 Å². The fourth-order valence-electron chi connectivity index (χ4n) is 3.55. The summed E-state index contributed by atoms with van der Waals surface area (Å²) in [4.78, 5) is 6.60. The lowest BCUT2D eigenvalue weighted by molar-refractivity contribution is 0.0625. The van der Waals surface area contributed by atoms with Crippen LogP contribution in [0.4, 0.5) is 0 Å². The van der Waals surface area contributed by atoms with Crippen molar-refractivity contribution in [3.8, 4) is 5.75 Å². The molecule has 1 aliphatic heterocycles. The molecule has 1 fully saturated rings. The van der Waals surface area contributed by atoms with Crippen molar-refractivity contribution in [2.75, 3.05) is 47.0 Å². The Morgan fingerprint density at radius 1 is 1.19 bits per heavy atom. The van der Waals surface area contributed by atoms with Crippen LogP contribution in [0.2, 0.25) is 0 Å². The first-order valence-corrected chi connectivity index (χ1v) is 9.88. The zero-order valence-corrected chi connectivity index (χ0v) is 16.5. The van der Waals surface area contributed by atoms with Gasteiger partial charge in [0.05, 0.1) is 6.54 Å². The second-order valence-electron chi connectivity index (χ2n) is 7.07. The highest BCUT2D eigenvalue weighted by Crippen LogP contribution is 2.24. The van der Waals surface area contributed by atoms with Gasteiger partial charge in [-0.2, -0.15) is 0 Å². The fraction of sp³-hybridized carbons (Fsp3) is 0.500. The number of benzene rings is 2. The molecule has 0 amide bonds. The zero-order chi connectivity index (χ0) is 18.9. The number of rotatable bonds is 7. The quantitative estimate of drug-likeness (QED) is 0.461. The van der Waals surface area contributed by atoms with E-state index in [1.807, 2.05) is 31.3 Å². The van der Waals surface area contributed by atoms with Gasteiger partial charge in [0, 0.05) is 39.2 Å². The molecule has 3 rings (SSSR count). The van der Waals surface area contributed by atoms with Crippen LogP contribution in [0.15, 0.2) is 47.5 Å². The van der Waals surface area contributed by atoms with Crippen molar-refractivity contribution in [3.63, 3.8) is 0 Å². The smallest absolute Gasteiger partial charge is 0.193 e. The molecular formula is C22H31N3O2. The molecule has 5 nitrogen and oxygen atoms in total. The third-order valence-corrected chi connectivity index (χ3v) is 5.18. The summed E-state index contributed by atoms with van der Waals surface area (Å²) in [5.74, 6) is 2.62. The van der Waals surface area contributed by atoms with Crippen molar-refractivity contribution in [2.45, 2.75) is 19.3 Å². The monoisotopic (exact) mass is 369 g/mol. The Morgan fingerprint density at radius 3 is 2.78 bits per heavy atom. The van der Waals surface area contributed by atoms with E-state index >= 15 is 0 Å². The van der Waals surface area contributed by atoms with Gasteiger partial charge in [0.15, 0.2) is 5.96 Å². The molecule has 1 saturated heterocycles. The zero-order valence-electron chi connectivity index (χ0n) is 16.5. The van der Waals surface area contributed by atoms with Crippen LogP contribution in [0.3, 0.4) is 0 Å². The van der Waals surface area contributed by atoms with Gasteiger partial charge in [-0.05, 0) is 36.6 Å².